The van der Waals surface area contributed by atoms with Crippen LogP contribution in [0, 0.1) is 17.2 Å². The van der Waals surface area contributed by atoms with Crippen LogP contribution in [0.1, 0.15) is 45.1 Å². The fourth-order valence-electron chi connectivity index (χ4n) is 6.02. The molecule has 2 heterocycles. The second-order valence-electron chi connectivity index (χ2n) is 11.7. The van der Waals surface area contributed by atoms with Crippen molar-refractivity contribution in [3.8, 4) is 0 Å². The number of hydrogen-bond acceptors (Lipinski definition) is 7. The second kappa shape index (κ2) is 11.4. The minimum absolute atomic E-state index is 0.0403. The highest BCUT2D eigenvalue weighted by Crippen LogP contribution is 2.43. The van der Waals surface area contributed by atoms with Gasteiger partial charge >= 0.3 is 0 Å². The molecule has 2 unspecified atom stereocenters. The molecule has 0 aromatic heterocycles. The maximum absolute atomic E-state index is 12.5. The van der Waals surface area contributed by atoms with Crippen LogP contribution in [0.15, 0.2) is 48.1 Å². The van der Waals surface area contributed by atoms with Crippen LogP contribution in [-0.2, 0) is 11.3 Å². The SMILES string of the molecule is CC(C)C1C=C(C(=N)N(c2ccc(CN3CCN(C4CCNCC4)CC3)cc2)C2(O)CC2)C(O)C=CC1=O. The molecule has 206 valence electrons. The van der Waals surface area contributed by atoms with Crippen molar-refractivity contribution >= 4 is 17.3 Å². The largest absolute Gasteiger partial charge is 0.384 e. The van der Waals surface area contributed by atoms with Crippen LogP contribution in [0.2, 0.25) is 0 Å². The maximum atomic E-state index is 12.5. The van der Waals surface area contributed by atoms with Gasteiger partial charge in [0.2, 0.25) is 0 Å². The average molecular weight is 522 g/mol. The summed E-state index contributed by atoms with van der Waals surface area (Å²) in [4.78, 5) is 19.3. The fourth-order valence-corrected chi connectivity index (χ4v) is 6.02. The first-order valence-corrected chi connectivity index (χ1v) is 14.2. The van der Waals surface area contributed by atoms with Crippen LogP contribution in [0.25, 0.3) is 0 Å². The third-order valence-corrected chi connectivity index (χ3v) is 8.61. The number of carbonyl (C=O) groups is 1. The standard InChI is InChI=1S/C30H43N5O3/c1-21(2)25-19-26(28(37)8-7-27(25)36)29(31)35(30(38)11-12-30)24-5-3-22(4-6-24)20-33-15-17-34(18-16-33)23-9-13-32-14-10-23/h3-8,19,21,23,25,28,31-32,37-38H,9-18,20H2,1-2H3. The Kier molecular flexibility index (Phi) is 8.16. The van der Waals surface area contributed by atoms with Crippen LogP contribution < -0.4 is 10.2 Å². The molecule has 2 aliphatic carbocycles. The third kappa shape index (κ3) is 5.95. The first-order chi connectivity index (χ1) is 18.2. The van der Waals surface area contributed by atoms with Crippen molar-refractivity contribution in [1.29, 1.82) is 5.41 Å². The van der Waals surface area contributed by atoms with Crippen LogP contribution >= 0.6 is 0 Å². The third-order valence-electron chi connectivity index (χ3n) is 8.61. The van der Waals surface area contributed by atoms with Gasteiger partial charge in [0.25, 0.3) is 0 Å². The quantitative estimate of drug-likeness (QED) is 0.248. The Morgan fingerprint density at radius 3 is 2.39 bits per heavy atom. The van der Waals surface area contributed by atoms with Gasteiger partial charge < -0.3 is 15.5 Å². The number of piperazine rings is 1. The zero-order valence-corrected chi connectivity index (χ0v) is 22.8. The molecule has 2 aliphatic heterocycles. The number of benzene rings is 1. The number of anilines is 1. The fraction of sp³-hybridized carbons (Fsp3) is 0.600. The Labute approximate surface area is 226 Å². The number of hydrogen-bond donors (Lipinski definition) is 4. The van der Waals surface area contributed by atoms with E-state index in [2.05, 4.69) is 27.2 Å². The van der Waals surface area contributed by atoms with E-state index in [1.54, 1.807) is 11.0 Å². The Hall–Kier alpha value is -2.36. The minimum atomic E-state index is -1.14. The van der Waals surface area contributed by atoms with Gasteiger partial charge in [-0.15, -0.1) is 0 Å². The number of aliphatic hydroxyl groups excluding tert-OH is 1. The molecule has 3 fully saturated rings. The summed E-state index contributed by atoms with van der Waals surface area (Å²) in [6, 6.07) is 8.82. The van der Waals surface area contributed by atoms with E-state index in [0.717, 1.165) is 57.5 Å². The minimum Gasteiger partial charge on any atom is -0.384 e. The second-order valence-corrected chi connectivity index (χ2v) is 11.7. The van der Waals surface area contributed by atoms with Crippen LogP contribution in [0.4, 0.5) is 5.69 Å². The molecule has 2 saturated heterocycles. The highest BCUT2D eigenvalue weighted by Gasteiger charge is 2.49. The molecule has 1 saturated carbocycles. The number of allylic oxidation sites excluding steroid dienone is 2. The Morgan fingerprint density at radius 1 is 1.13 bits per heavy atom. The smallest absolute Gasteiger partial charge is 0.162 e. The van der Waals surface area contributed by atoms with Crippen molar-refractivity contribution in [2.24, 2.45) is 11.8 Å². The number of nitrogens with one attached hydrogen (secondary N) is 2. The topological polar surface area (TPSA) is 103 Å². The van der Waals surface area contributed by atoms with Crippen LogP contribution in [0.3, 0.4) is 0 Å². The van der Waals surface area contributed by atoms with Crippen molar-refractivity contribution in [3.05, 3.63) is 53.6 Å². The molecular weight excluding hydrogens is 478 g/mol. The maximum Gasteiger partial charge on any atom is 0.162 e. The first kappa shape index (κ1) is 27.2. The van der Waals surface area contributed by atoms with Gasteiger partial charge in [0.05, 0.1) is 0 Å². The normalized spacial score (nSPS) is 26.8. The summed E-state index contributed by atoms with van der Waals surface area (Å²) >= 11 is 0. The van der Waals surface area contributed by atoms with E-state index in [4.69, 9.17) is 5.41 Å². The van der Waals surface area contributed by atoms with E-state index in [9.17, 15) is 15.0 Å². The molecule has 0 amide bonds. The van der Waals surface area contributed by atoms with Gasteiger partial charge in [0.15, 0.2) is 5.78 Å². The summed E-state index contributed by atoms with van der Waals surface area (Å²) in [7, 11) is 0. The van der Waals surface area contributed by atoms with Gasteiger partial charge in [0, 0.05) is 55.9 Å². The summed E-state index contributed by atoms with van der Waals surface area (Å²) in [5.41, 5.74) is 1.16. The summed E-state index contributed by atoms with van der Waals surface area (Å²) < 4.78 is 0. The lowest BCUT2D eigenvalue weighted by Crippen LogP contribution is -2.52. The van der Waals surface area contributed by atoms with E-state index in [1.807, 2.05) is 26.0 Å². The number of ketones is 1. The van der Waals surface area contributed by atoms with E-state index in [0.29, 0.717) is 18.4 Å². The highest BCUT2D eigenvalue weighted by molar-refractivity contribution is 6.10. The zero-order chi connectivity index (χ0) is 26.9. The number of nitrogens with zero attached hydrogens (tertiary/aromatic N) is 3. The van der Waals surface area contributed by atoms with E-state index in [1.165, 1.54) is 30.6 Å². The van der Waals surface area contributed by atoms with Gasteiger partial charge in [-0.05, 0) is 74.5 Å². The first-order valence-electron chi connectivity index (χ1n) is 14.2. The van der Waals surface area contributed by atoms with Gasteiger partial charge in [-0.25, -0.2) is 0 Å². The molecule has 1 aromatic rings. The summed E-state index contributed by atoms with van der Waals surface area (Å²) in [5, 5.41) is 34.4. The van der Waals surface area contributed by atoms with Crippen molar-refractivity contribution in [3.63, 3.8) is 0 Å². The average Bonchev–Trinajstić information content (AvgIpc) is 3.68. The highest BCUT2D eigenvalue weighted by atomic mass is 16.3. The molecule has 0 spiro atoms. The molecular formula is C30H43N5O3. The lowest BCUT2D eigenvalue weighted by molar-refractivity contribution is -0.117. The Morgan fingerprint density at radius 2 is 1.79 bits per heavy atom. The number of rotatable bonds is 7. The number of piperidine rings is 1. The molecule has 0 bridgehead atoms. The van der Waals surface area contributed by atoms with Crippen molar-refractivity contribution in [2.75, 3.05) is 44.2 Å². The number of carbonyl (C=O) groups excluding carboxylic acids is 1. The summed E-state index contributed by atoms with van der Waals surface area (Å²) in [6.45, 7) is 11.4. The molecule has 1 aromatic carbocycles. The van der Waals surface area contributed by atoms with Gasteiger partial charge in [-0.1, -0.05) is 32.1 Å². The molecule has 4 N–H and O–H groups in total. The van der Waals surface area contributed by atoms with Crippen molar-refractivity contribution in [2.45, 2.75) is 63.9 Å². The summed E-state index contributed by atoms with van der Waals surface area (Å²) in [5.74, 6) is -0.394. The van der Waals surface area contributed by atoms with Crippen molar-refractivity contribution < 1.29 is 15.0 Å². The zero-order valence-electron chi connectivity index (χ0n) is 22.8. The predicted molar refractivity (Wildman–Crippen MR) is 150 cm³/mol. The molecule has 5 rings (SSSR count). The van der Waals surface area contributed by atoms with E-state index < -0.39 is 17.7 Å². The molecule has 0 radical (unpaired) electrons. The number of amidine groups is 1. The van der Waals surface area contributed by atoms with Crippen molar-refractivity contribution in [1.82, 2.24) is 15.1 Å². The molecule has 8 heteroatoms. The predicted octanol–water partition coefficient (Wildman–Crippen LogP) is 2.52. The molecule has 4 aliphatic rings. The van der Waals surface area contributed by atoms with E-state index in [-0.39, 0.29) is 17.5 Å². The Bertz CT molecular complexity index is 1060. The van der Waals surface area contributed by atoms with Crippen LogP contribution in [0.5, 0.6) is 0 Å². The number of aliphatic hydroxyl groups is 2. The Balaban J connectivity index is 1.27. The van der Waals surface area contributed by atoms with E-state index >= 15 is 0 Å². The van der Waals surface area contributed by atoms with Gasteiger partial charge in [0.1, 0.15) is 17.7 Å². The van der Waals surface area contributed by atoms with Crippen LogP contribution in [-0.4, -0.2) is 88.8 Å². The molecule has 38 heavy (non-hydrogen) atoms. The monoisotopic (exact) mass is 521 g/mol. The molecule has 8 nitrogen and oxygen atoms in total. The van der Waals surface area contributed by atoms with Gasteiger partial charge in [-0.3, -0.25) is 24.9 Å². The van der Waals surface area contributed by atoms with Gasteiger partial charge in [-0.2, -0.15) is 0 Å². The lowest BCUT2D eigenvalue weighted by Gasteiger charge is -2.41. The lowest BCUT2D eigenvalue weighted by atomic mass is 9.90. The summed E-state index contributed by atoms with van der Waals surface area (Å²) in [6.07, 6.45) is 7.14. The molecule has 2 atom stereocenters.